The fraction of sp³-hybridized carbons (Fsp3) is 0.364. The summed E-state index contributed by atoms with van der Waals surface area (Å²) in [6.07, 6.45) is -0.771. The molecule has 0 radical (unpaired) electrons. The second kappa shape index (κ2) is 8.35. The maximum atomic E-state index is 13.1. The molecule has 1 aliphatic heterocycles. The number of benzene rings is 2. The summed E-state index contributed by atoms with van der Waals surface area (Å²) in [7, 11) is 0. The quantitative estimate of drug-likeness (QED) is 0.829. The van der Waals surface area contributed by atoms with Crippen molar-refractivity contribution in [3.63, 3.8) is 0 Å². The molecule has 0 unspecified atom stereocenters. The van der Waals surface area contributed by atoms with Crippen molar-refractivity contribution >= 4 is 12.0 Å². The fourth-order valence-corrected chi connectivity index (χ4v) is 3.50. The lowest BCUT2D eigenvalue weighted by Crippen LogP contribution is -2.41. The van der Waals surface area contributed by atoms with Crippen LogP contribution in [-0.2, 0) is 9.53 Å². The molecule has 2 aromatic rings. The first-order valence-corrected chi connectivity index (χ1v) is 9.36. The Labute approximate surface area is 159 Å². The first kappa shape index (κ1) is 19.1. The molecule has 0 saturated carbocycles. The summed E-state index contributed by atoms with van der Waals surface area (Å²) < 4.78 is 5.62. The number of ether oxygens (including phenoxy) is 1. The van der Waals surface area contributed by atoms with Crippen LogP contribution in [0.15, 0.2) is 60.7 Å². The van der Waals surface area contributed by atoms with Crippen molar-refractivity contribution in [3.05, 3.63) is 71.8 Å². The van der Waals surface area contributed by atoms with Gasteiger partial charge in [-0.3, -0.25) is 4.79 Å². The second-order valence-electron chi connectivity index (χ2n) is 6.92. The molecule has 1 saturated heterocycles. The summed E-state index contributed by atoms with van der Waals surface area (Å²) in [6, 6.07) is 18.3. The Morgan fingerprint density at radius 2 is 1.63 bits per heavy atom. The molecule has 4 atom stereocenters. The molecule has 1 fully saturated rings. The highest BCUT2D eigenvalue weighted by atomic mass is 16.6. The van der Waals surface area contributed by atoms with Crippen molar-refractivity contribution in [2.24, 2.45) is 5.92 Å². The van der Waals surface area contributed by atoms with Gasteiger partial charge in [-0.15, -0.1) is 0 Å². The zero-order chi connectivity index (χ0) is 19.4. The first-order valence-electron chi connectivity index (χ1n) is 9.36. The number of hydrogen-bond acceptors (Lipinski definition) is 4. The number of carbonyl (C=O) groups is 2. The van der Waals surface area contributed by atoms with Gasteiger partial charge >= 0.3 is 6.09 Å². The number of imide groups is 1. The summed E-state index contributed by atoms with van der Waals surface area (Å²) in [5, 5.41) is 10.3. The van der Waals surface area contributed by atoms with Crippen LogP contribution in [0.1, 0.15) is 50.0 Å². The Kier molecular flexibility index (Phi) is 5.91. The molecular formula is C22H25NO4. The van der Waals surface area contributed by atoms with Crippen molar-refractivity contribution in [3.8, 4) is 0 Å². The number of amides is 2. The Hall–Kier alpha value is -2.66. The number of cyclic esters (lactones) is 1. The molecule has 0 aliphatic carbocycles. The van der Waals surface area contributed by atoms with Gasteiger partial charge in [-0.05, 0) is 17.5 Å². The van der Waals surface area contributed by atoms with E-state index in [-0.39, 0.29) is 0 Å². The van der Waals surface area contributed by atoms with Gasteiger partial charge in [-0.25, -0.2) is 9.69 Å². The van der Waals surface area contributed by atoms with Gasteiger partial charge < -0.3 is 9.84 Å². The van der Waals surface area contributed by atoms with E-state index in [1.54, 1.807) is 6.92 Å². The van der Waals surface area contributed by atoms with E-state index in [0.29, 0.717) is 6.42 Å². The minimum Gasteiger partial charge on any atom is -0.438 e. The summed E-state index contributed by atoms with van der Waals surface area (Å²) in [6.45, 7) is 3.61. The topological polar surface area (TPSA) is 66.8 Å². The number of aliphatic hydroxyl groups is 1. The molecule has 1 aliphatic rings. The number of nitrogens with zero attached hydrogens (tertiary/aromatic N) is 1. The lowest BCUT2D eigenvalue weighted by Gasteiger charge is -2.27. The third-order valence-corrected chi connectivity index (χ3v) is 5.05. The van der Waals surface area contributed by atoms with Gasteiger partial charge in [0.2, 0.25) is 5.91 Å². The third-order valence-electron chi connectivity index (χ3n) is 5.05. The van der Waals surface area contributed by atoms with E-state index in [2.05, 4.69) is 0 Å². The van der Waals surface area contributed by atoms with Crippen molar-refractivity contribution in [2.45, 2.75) is 44.9 Å². The van der Waals surface area contributed by atoms with Crippen LogP contribution in [0.25, 0.3) is 0 Å². The number of rotatable bonds is 6. The van der Waals surface area contributed by atoms with Crippen molar-refractivity contribution in [1.29, 1.82) is 0 Å². The monoisotopic (exact) mass is 367 g/mol. The van der Waals surface area contributed by atoms with E-state index in [9.17, 15) is 14.7 Å². The number of aliphatic hydroxyl groups excluding tert-OH is 1. The Balaban J connectivity index is 1.98. The van der Waals surface area contributed by atoms with Gasteiger partial charge in [-0.2, -0.15) is 0 Å². The molecular weight excluding hydrogens is 342 g/mol. The molecule has 2 amide bonds. The first-order chi connectivity index (χ1) is 13.0. The van der Waals surface area contributed by atoms with Crippen LogP contribution in [0, 0.1) is 5.92 Å². The highest BCUT2D eigenvalue weighted by Crippen LogP contribution is 2.43. The van der Waals surface area contributed by atoms with Crippen LogP contribution in [0.2, 0.25) is 0 Å². The highest BCUT2D eigenvalue weighted by molar-refractivity contribution is 5.95. The Bertz CT molecular complexity index is 777. The predicted molar refractivity (Wildman–Crippen MR) is 102 cm³/mol. The summed E-state index contributed by atoms with van der Waals surface area (Å²) in [5.41, 5.74) is 1.65. The molecule has 3 rings (SSSR count). The van der Waals surface area contributed by atoms with Crippen LogP contribution in [0.5, 0.6) is 0 Å². The van der Waals surface area contributed by atoms with Crippen LogP contribution < -0.4 is 0 Å². The van der Waals surface area contributed by atoms with E-state index < -0.39 is 36.2 Å². The predicted octanol–water partition coefficient (Wildman–Crippen LogP) is 4.24. The normalized spacial score (nSPS) is 21.6. The Morgan fingerprint density at radius 1 is 1.07 bits per heavy atom. The average Bonchev–Trinajstić information content (AvgIpc) is 3.05. The largest absolute Gasteiger partial charge is 0.438 e. The van der Waals surface area contributed by atoms with E-state index in [1.165, 1.54) is 4.90 Å². The van der Waals surface area contributed by atoms with Crippen molar-refractivity contribution in [1.82, 2.24) is 4.90 Å². The van der Waals surface area contributed by atoms with Gasteiger partial charge in [0.1, 0.15) is 6.04 Å². The molecule has 5 heteroatoms. The molecule has 1 heterocycles. The zero-order valence-electron chi connectivity index (χ0n) is 15.6. The van der Waals surface area contributed by atoms with Gasteiger partial charge in [-0.1, -0.05) is 80.9 Å². The molecule has 27 heavy (non-hydrogen) atoms. The minimum absolute atomic E-state index is 0.409. The SMILES string of the molecule is CCC[C@H](O)[C@@H](C)C(=O)N1C(=O)O[C@@H](c2ccccc2)[C@H]1c1ccccc1. The van der Waals surface area contributed by atoms with E-state index in [1.807, 2.05) is 67.6 Å². The van der Waals surface area contributed by atoms with Crippen molar-refractivity contribution in [2.75, 3.05) is 0 Å². The summed E-state index contributed by atoms with van der Waals surface area (Å²) in [5.74, 6) is -1.09. The number of carbonyl (C=O) groups excluding carboxylic acids is 2. The van der Waals surface area contributed by atoms with E-state index in [0.717, 1.165) is 17.5 Å². The fourth-order valence-electron chi connectivity index (χ4n) is 3.50. The van der Waals surface area contributed by atoms with Gasteiger partial charge in [0.15, 0.2) is 6.10 Å². The van der Waals surface area contributed by atoms with Crippen LogP contribution >= 0.6 is 0 Å². The van der Waals surface area contributed by atoms with Gasteiger partial charge in [0.25, 0.3) is 0 Å². The Morgan fingerprint density at radius 3 is 2.19 bits per heavy atom. The molecule has 1 N–H and O–H groups in total. The van der Waals surface area contributed by atoms with E-state index >= 15 is 0 Å². The average molecular weight is 367 g/mol. The standard InChI is InChI=1S/C22H25NO4/c1-3-10-18(24)15(2)21(25)23-19(16-11-6-4-7-12-16)20(27-22(23)26)17-13-8-5-9-14-17/h4-9,11-15,18-20,24H,3,10H2,1-2H3/t15-,18+,19-,20+/m1/s1. The zero-order valence-corrected chi connectivity index (χ0v) is 15.6. The molecule has 2 aromatic carbocycles. The lowest BCUT2D eigenvalue weighted by molar-refractivity contribution is -0.136. The smallest absolute Gasteiger partial charge is 0.417 e. The van der Waals surface area contributed by atoms with Crippen molar-refractivity contribution < 1.29 is 19.4 Å². The van der Waals surface area contributed by atoms with Crippen LogP contribution in [0.4, 0.5) is 4.79 Å². The third kappa shape index (κ3) is 3.88. The minimum atomic E-state index is -0.789. The summed E-state index contributed by atoms with van der Waals surface area (Å²) in [4.78, 5) is 26.9. The summed E-state index contributed by atoms with van der Waals surface area (Å²) >= 11 is 0. The van der Waals surface area contributed by atoms with Crippen LogP contribution in [0.3, 0.4) is 0 Å². The van der Waals surface area contributed by atoms with Gasteiger partial charge in [0.05, 0.1) is 12.0 Å². The van der Waals surface area contributed by atoms with Crippen LogP contribution in [-0.4, -0.2) is 28.1 Å². The van der Waals surface area contributed by atoms with Gasteiger partial charge in [0, 0.05) is 0 Å². The molecule has 0 spiro atoms. The maximum Gasteiger partial charge on any atom is 0.417 e. The number of hydrogen-bond donors (Lipinski definition) is 1. The highest BCUT2D eigenvalue weighted by Gasteiger charge is 2.48. The molecule has 0 bridgehead atoms. The molecule has 142 valence electrons. The molecule has 0 aromatic heterocycles. The maximum absolute atomic E-state index is 13.1. The second-order valence-corrected chi connectivity index (χ2v) is 6.92. The van der Waals surface area contributed by atoms with E-state index in [4.69, 9.17) is 4.74 Å². The molecule has 5 nitrogen and oxygen atoms in total. The lowest BCUT2D eigenvalue weighted by atomic mass is 9.93.